The summed E-state index contributed by atoms with van der Waals surface area (Å²) >= 11 is 10.9. The first-order valence-electron chi connectivity index (χ1n) is 6.76. The molecule has 0 atom stereocenters. The first kappa shape index (κ1) is 17.2. The van der Waals surface area contributed by atoms with E-state index < -0.39 is 0 Å². The topological polar surface area (TPSA) is 45.7 Å². The van der Waals surface area contributed by atoms with E-state index in [1.807, 2.05) is 12.1 Å². The fourth-order valence-electron chi connectivity index (χ4n) is 1.73. The van der Waals surface area contributed by atoms with Gasteiger partial charge in [0.25, 0.3) is 0 Å². The molecule has 0 aliphatic rings. The van der Waals surface area contributed by atoms with Gasteiger partial charge in [-0.3, -0.25) is 5.43 Å². The normalized spacial score (nSPS) is 10.6. The number of nitrogens with one attached hydrogen (secondary N) is 2. The van der Waals surface area contributed by atoms with Gasteiger partial charge in [0, 0.05) is 12.6 Å². The van der Waals surface area contributed by atoms with Crippen LogP contribution in [0.25, 0.3) is 0 Å². The number of nitrogens with zero attached hydrogens (tertiary/aromatic N) is 1. The third-order valence-electron chi connectivity index (χ3n) is 2.91. The third kappa shape index (κ3) is 5.19. The standard InChI is InChI=1S/C16H15ClFN3OS/c1-19-16(23)21-20-9-11-4-2-5-12(8-11)22-10-13-14(17)6-3-7-15(13)18/h2-9H,10H2,1H3,(H2,19,21,23)/b20-9+. The second-order valence-electron chi connectivity index (χ2n) is 4.51. The van der Waals surface area contributed by atoms with Crippen LogP contribution in [-0.2, 0) is 6.61 Å². The van der Waals surface area contributed by atoms with Crippen LogP contribution in [0.5, 0.6) is 5.75 Å². The van der Waals surface area contributed by atoms with E-state index in [1.54, 1.807) is 37.5 Å². The van der Waals surface area contributed by atoms with Crippen molar-refractivity contribution in [2.75, 3.05) is 7.05 Å². The second-order valence-corrected chi connectivity index (χ2v) is 5.33. The van der Waals surface area contributed by atoms with Crippen molar-refractivity contribution in [1.82, 2.24) is 10.7 Å². The number of halogens is 2. The molecule has 0 amide bonds. The molecule has 2 rings (SSSR count). The van der Waals surface area contributed by atoms with Gasteiger partial charge >= 0.3 is 0 Å². The summed E-state index contributed by atoms with van der Waals surface area (Å²) in [7, 11) is 1.70. The van der Waals surface area contributed by atoms with Gasteiger partial charge in [-0.2, -0.15) is 5.10 Å². The maximum Gasteiger partial charge on any atom is 0.186 e. The molecule has 0 heterocycles. The Morgan fingerprint density at radius 1 is 1.35 bits per heavy atom. The maximum absolute atomic E-state index is 13.7. The minimum Gasteiger partial charge on any atom is -0.489 e. The fourth-order valence-corrected chi connectivity index (χ4v) is 2.00. The van der Waals surface area contributed by atoms with Gasteiger partial charge in [-0.1, -0.05) is 29.8 Å². The molecule has 4 nitrogen and oxygen atoms in total. The van der Waals surface area contributed by atoms with Gasteiger partial charge in [-0.05, 0) is 42.0 Å². The molecule has 0 aliphatic carbocycles. The Labute approximate surface area is 144 Å². The number of rotatable bonds is 5. The molecule has 0 radical (unpaired) electrons. The zero-order chi connectivity index (χ0) is 16.7. The molecule has 0 saturated carbocycles. The van der Waals surface area contributed by atoms with Gasteiger partial charge in [0.05, 0.1) is 11.2 Å². The molecule has 0 bridgehead atoms. The smallest absolute Gasteiger partial charge is 0.186 e. The zero-order valence-corrected chi connectivity index (χ0v) is 13.9. The van der Waals surface area contributed by atoms with Crippen LogP contribution in [0.15, 0.2) is 47.6 Å². The van der Waals surface area contributed by atoms with Crippen LogP contribution in [0.4, 0.5) is 4.39 Å². The molecule has 0 fully saturated rings. The summed E-state index contributed by atoms with van der Waals surface area (Å²) < 4.78 is 19.3. The Morgan fingerprint density at radius 2 is 2.13 bits per heavy atom. The number of thiocarbonyl (C=S) groups is 1. The SMILES string of the molecule is CNC(=S)N/N=C/c1cccc(OCc2c(F)cccc2Cl)c1. The molecular weight excluding hydrogens is 337 g/mol. The van der Waals surface area contributed by atoms with Crippen molar-refractivity contribution in [3.63, 3.8) is 0 Å². The van der Waals surface area contributed by atoms with Crippen molar-refractivity contribution < 1.29 is 9.13 Å². The Morgan fingerprint density at radius 3 is 2.87 bits per heavy atom. The highest BCUT2D eigenvalue weighted by Crippen LogP contribution is 2.21. The maximum atomic E-state index is 13.7. The van der Waals surface area contributed by atoms with Crippen molar-refractivity contribution in [2.45, 2.75) is 6.61 Å². The molecule has 0 saturated heterocycles. The number of hydrogen-bond donors (Lipinski definition) is 2. The van der Waals surface area contributed by atoms with E-state index in [4.69, 9.17) is 28.6 Å². The summed E-state index contributed by atoms with van der Waals surface area (Å²) in [6.07, 6.45) is 1.60. The lowest BCUT2D eigenvalue weighted by molar-refractivity contribution is 0.300. The highest BCUT2D eigenvalue weighted by Gasteiger charge is 2.07. The zero-order valence-electron chi connectivity index (χ0n) is 12.3. The molecule has 0 spiro atoms. The summed E-state index contributed by atoms with van der Waals surface area (Å²) in [5.41, 5.74) is 3.80. The van der Waals surface area contributed by atoms with Gasteiger partial charge in [-0.25, -0.2) is 4.39 Å². The number of benzene rings is 2. The van der Waals surface area contributed by atoms with E-state index in [2.05, 4.69) is 15.8 Å². The molecule has 2 aromatic rings. The quantitative estimate of drug-likeness (QED) is 0.492. The summed E-state index contributed by atoms with van der Waals surface area (Å²) in [6, 6.07) is 11.8. The van der Waals surface area contributed by atoms with E-state index in [-0.39, 0.29) is 12.4 Å². The first-order valence-corrected chi connectivity index (χ1v) is 7.55. The monoisotopic (exact) mass is 351 g/mol. The van der Waals surface area contributed by atoms with Crippen LogP contribution < -0.4 is 15.5 Å². The van der Waals surface area contributed by atoms with Crippen molar-refractivity contribution in [3.05, 3.63) is 64.4 Å². The highest BCUT2D eigenvalue weighted by atomic mass is 35.5. The number of ether oxygens (including phenoxy) is 1. The number of hydrazone groups is 1. The van der Waals surface area contributed by atoms with Crippen LogP contribution in [0, 0.1) is 5.82 Å². The number of hydrogen-bond acceptors (Lipinski definition) is 3. The molecule has 2 aromatic carbocycles. The summed E-state index contributed by atoms with van der Waals surface area (Å²) in [5, 5.41) is 7.49. The van der Waals surface area contributed by atoms with Crippen molar-refractivity contribution in [3.8, 4) is 5.75 Å². The summed E-state index contributed by atoms with van der Waals surface area (Å²) in [5.74, 6) is 0.199. The molecular formula is C16H15ClFN3OS. The van der Waals surface area contributed by atoms with E-state index in [1.165, 1.54) is 6.07 Å². The van der Waals surface area contributed by atoms with Crippen LogP contribution in [0.3, 0.4) is 0 Å². The van der Waals surface area contributed by atoms with Gasteiger partial charge in [0.15, 0.2) is 5.11 Å². The lowest BCUT2D eigenvalue weighted by Gasteiger charge is -2.09. The van der Waals surface area contributed by atoms with Crippen LogP contribution in [-0.4, -0.2) is 18.4 Å². The molecule has 0 aromatic heterocycles. The lowest BCUT2D eigenvalue weighted by atomic mass is 10.2. The average molecular weight is 352 g/mol. The molecule has 2 N–H and O–H groups in total. The van der Waals surface area contributed by atoms with Gasteiger partial charge in [0.2, 0.25) is 0 Å². The summed E-state index contributed by atoms with van der Waals surface area (Å²) in [6.45, 7) is 0.0498. The van der Waals surface area contributed by atoms with Crippen LogP contribution >= 0.6 is 23.8 Å². The van der Waals surface area contributed by atoms with E-state index in [0.29, 0.717) is 21.4 Å². The van der Waals surface area contributed by atoms with Crippen LogP contribution in [0.1, 0.15) is 11.1 Å². The Kier molecular flexibility index (Phi) is 6.31. The Hall–Kier alpha value is -2.18. The first-order chi connectivity index (χ1) is 11.1. The minimum atomic E-state index is -0.389. The van der Waals surface area contributed by atoms with E-state index in [9.17, 15) is 4.39 Å². The molecule has 0 aliphatic heterocycles. The fraction of sp³-hybridized carbons (Fsp3) is 0.125. The van der Waals surface area contributed by atoms with E-state index in [0.717, 1.165) is 5.56 Å². The van der Waals surface area contributed by atoms with Gasteiger partial charge in [-0.15, -0.1) is 0 Å². The summed E-state index contributed by atoms with van der Waals surface area (Å²) in [4.78, 5) is 0. The Bertz CT molecular complexity index is 704. The highest BCUT2D eigenvalue weighted by molar-refractivity contribution is 7.80. The average Bonchev–Trinajstić information content (AvgIpc) is 2.54. The molecule has 0 unspecified atom stereocenters. The molecule has 120 valence electrons. The minimum absolute atomic E-state index is 0.0498. The largest absolute Gasteiger partial charge is 0.489 e. The van der Waals surface area contributed by atoms with Gasteiger partial charge < -0.3 is 10.1 Å². The molecule has 7 heteroatoms. The Balaban J connectivity index is 2.01. The van der Waals surface area contributed by atoms with Gasteiger partial charge in [0.1, 0.15) is 18.2 Å². The predicted molar refractivity (Wildman–Crippen MR) is 94.6 cm³/mol. The molecule has 23 heavy (non-hydrogen) atoms. The van der Waals surface area contributed by atoms with Crippen molar-refractivity contribution >= 4 is 35.1 Å². The van der Waals surface area contributed by atoms with Crippen molar-refractivity contribution in [1.29, 1.82) is 0 Å². The lowest BCUT2D eigenvalue weighted by Crippen LogP contribution is -2.28. The second kappa shape index (κ2) is 8.45. The third-order valence-corrected chi connectivity index (χ3v) is 3.56. The van der Waals surface area contributed by atoms with Crippen molar-refractivity contribution in [2.24, 2.45) is 5.10 Å². The van der Waals surface area contributed by atoms with E-state index >= 15 is 0 Å². The predicted octanol–water partition coefficient (Wildman–Crippen LogP) is 3.49. The van der Waals surface area contributed by atoms with Crippen LogP contribution in [0.2, 0.25) is 5.02 Å².